The summed E-state index contributed by atoms with van der Waals surface area (Å²) in [6.07, 6.45) is -2.63. The van der Waals surface area contributed by atoms with Gasteiger partial charge in [0.25, 0.3) is 5.97 Å². The summed E-state index contributed by atoms with van der Waals surface area (Å²) in [6.45, 7) is 3.28. The van der Waals surface area contributed by atoms with E-state index in [-0.39, 0.29) is 0 Å². The normalized spacial score (nSPS) is 29.2. The van der Waals surface area contributed by atoms with E-state index in [4.69, 9.17) is 33.2 Å². The standard InChI is InChI=1S/C30H34O7/c1-30(31-2)36-28-27(34-20-24-16-10-5-11-17-24)26(33-19-23-14-8-4-9-15-23)25(35-29(28)37-30)21-32-18-22-12-6-3-7-13-22/h3-17,25-29H,18-21H2,1-2H3/t25-,26+,27+,28-,29-,30+/m1/s1. The van der Waals surface area contributed by atoms with Crippen molar-refractivity contribution >= 4 is 0 Å². The van der Waals surface area contributed by atoms with Crippen LogP contribution in [-0.4, -0.2) is 50.4 Å². The Hall–Kier alpha value is -2.62. The molecule has 2 saturated heterocycles. The van der Waals surface area contributed by atoms with Crippen LogP contribution in [0.2, 0.25) is 0 Å². The Balaban J connectivity index is 1.36. The van der Waals surface area contributed by atoms with E-state index in [0.717, 1.165) is 16.7 Å². The third-order valence-corrected chi connectivity index (χ3v) is 6.61. The molecule has 2 aliphatic rings. The summed E-state index contributed by atoms with van der Waals surface area (Å²) >= 11 is 0. The molecule has 0 radical (unpaired) electrons. The lowest BCUT2D eigenvalue weighted by atomic mass is 9.98. The number of hydrogen-bond donors (Lipinski definition) is 0. The molecule has 0 unspecified atom stereocenters. The minimum atomic E-state index is -1.24. The van der Waals surface area contributed by atoms with E-state index < -0.39 is 36.7 Å². The predicted octanol–water partition coefficient (Wildman–Crippen LogP) is 4.83. The highest BCUT2D eigenvalue weighted by Gasteiger charge is 2.57. The largest absolute Gasteiger partial charge is 0.374 e. The Labute approximate surface area is 218 Å². The van der Waals surface area contributed by atoms with Gasteiger partial charge in [-0.3, -0.25) is 4.74 Å². The highest BCUT2D eigenvalue weighted by Crippen LogP contribution is 2.39. The van der Waals surface area contributed by atoms with Gasteiger partial charge in [0.05, 0.1) is 26.4 Å². The number of rotatable bonds is 11. The smallest absolute Gasteiger partial charge is 0.282 e. The molecular formula is C30H34O7. The van der Waals surface area contributed by atoms with E-state index in [1.807, 2.05) is 91.0 Å². The molecule has 0 saturated carbocycles. The van der Waals surface area contributed by atoms with Gasteiger partial charge in [0.2, 0.25) is 0 Å². The monoisotopic (exact) mass is 506 g/mol. The molecular weight excluding hydrogens is 472 g/mol. The van der Waals surface area contributed by atoms with Gasteiger partial charge in [-0.15, -0.1) is 0 Å². The number of benzene rings is 3. The Morgan fingerprint density at radius 1 is 0.676 bits per heavy atom. The zero-order valence-electron chi connectivity index (χ0n) is 21.2. The first kappa shape index (κ1) is 26.0. The van der Waals surface area contributed by atoms with Crippen LogP contribution in [0, 0.1) is 0 Å². The van der Waals surface area contributed by atoms with Crippen LogP contribution in [0.5, 0.6) is 0 Å². The van der Waals surface area contributed by atoms with Crippen LogP contribution in [0.3, 0.4) is 0 Å². The molecule has 0 aliphatic carbocycles. The van der Waals surface area contributed by atoms with Crippen LogP contribution in [0.25, 0.3) is 0 Å². The molecule has 3 aromatic carbocycles. The van der Waals surface area contributed by atoms with Crippen LogP contribution >= 0.6 is 0 Å². The number of fused-ring (bicyclic) bond motifs is 1. The molecule has 6 atom stereocenters. The van der Waals surface area contributed by atoms with Gasteiger partial charge in [-0.25, -0.2) is 0 Å². The summed E-state index contributed by atoms with van der Waals surface area (Å²) < 4.78 is 43.2. The lowest BCUT2D eigenvalue weighted by molar-refractivity contribution is -0.334. The van der Waals surface area contributed by atoms with Crippen molar-refractivity contribution < 1.29 is 33.2 Å². The van der Waals surface area contributed by atoms with Crippen molar-refractivity contribution in [2.45, 2.75) is 63.4 Å². The lowest BCUT2D eigenvalue weighted by Gasteiger charge is -2.42. The molecule has 3 aromatic rings. The van der Waals surface area contributed by atoms with Crippen LogP contribution in [0.4, 0.5) is 0 Å². The molecule has 7 heteroatoms. The Kier molecular flexibility index (Phi) is 8.63. The summed E-state index contributed by atoms with van der Waals surface area (Å²) in [5.41, 5.74) is 3.19. The Morgan fingerprint density at radius 3 is 1.73 bits per heavy atom. The second-order valence-electron chi connectivity index (χ2n) is 9.33. The molecule has 0 amide bonds. The third-order valence-electron chi connectivity index (χ3n) is 6.61. The van der Waals surface area contributed by atoms with Crippen molar-refractivity contribution in [3.63, 3.8) is 0 Å². The number of methoxy groups -OCH3 is 1. The van der Waals surface area contributed by atoms with Gasteiger partial charge in [0, 0.05) is 14.0 Å². The van der Waals surface area contributed by atoms with Gasteiger partial charge in [-0.1, -0.05) is 91.0 Å². The topological polar surface area (TPSA) is 64.6 Å². The van der Waals surface area contributed by atoms with Gasteiger partial charge in [0.1, 0.15) is 24.4 Å². The minimum absolute atomic E-state index is 0.301. The first-order chi connectivity index (χ1) is 18.1. The van der Waals surface area contributed by atoms with E-state index in [2.05, 4.69) is 0 Å². The zero-order chi connectivity index (χ0) is 25.5. The summed E-state index contributed by atoms with van der Waals surface area (Å²) in [6, 6.07) is 30.1. The summed E-state index contributed by atoms with van der Waals surface area (Å²) in [5.74, 6) is -1.24. The maximum Gasteiger partial charge on any atom is 0.282 e. The molecule has 2 aliphatic heterocycles. The van der Waals surface area contributed by atoms with E-state index >= 15 is 0 Å². The second kappa shape index (κ2) is 12.3. The summed E-state index contributed by atoms with van der Waals surface area (Å²) in [5, 5.41) is 0. The average Bonchev–Trinajstić information content (AvgIpc) is 3.29. The molecule has 196 valence electrons. The van der Waals surface area contributed by atoms with Crippen molar-refractivity contribution in [3.8, 4) is 0 Å². The SMILES string of the molecule is CO[C@]1(C)O[C@H]2O[C@H](COCc3ccccc3)[C@H](OCc3ccccc3)[C@H](OCc3ccccc3)[C@H]2O1. The predicted molar refractivity (Wildman–Crippen MR) is 136 cm³/mol. The van der Waals surface area contributed by atoms with Crippen molar-refractivity contribution in [1.82, 2.24) is 0 Å². The fourth-order valence-corrected chi connectivity index (χ4v) is 4.61. The maximum atomic E-state index is 6.50. The Morgan fingerprint density at radius 2 is 1.19 bits per heavy atom. The third kappa shape index (κ3) is 6.64. The molecule has 7 nitrogen and oxygen atoms in total. The Bertz CT molecular complexity index is 1080. The lowest BCUT2D eigenvalue weighted by Crippen LogP contribution is -2.59. The summed E-state index contributed by atoms with van der Waals surface area (Å²) in [4.78, 5) is 0. The molecule has 2 heterocycles. The van der Waals surface area contributed by atoms with Crippen molar-refractivity contribution in [1.29, 1.82) is 0 Å². The summed E-state index contributed by atoms with van der Waals surface area (Å²) in [7, 11) is 1.54. The second-order valence-corrected chi connectivity index (χ2v) is 9.33. The quantitative estimate of drug-likeness (QED) is 0.369. The first-order valence-electron chi connectivity index (χ1n) is 12.6. The molecule has 0 N–H and O–H groups in total. The minimum Gasteiger partial charge on any atom is -0.374 e. The zero-order valence-corrected chi connectivity index (χ0v) is 21.2. The van der Waals surface area contributed by atoms with Crippen LogP contribution in [-0.2, 0) is 53.0 Å². The maximum absolute atomic E-state index is 6.50. The average molecular weight is 507 g/mol. The van der Waals surface area contributed by atoms with E-state index in [1.54, 1.807) is 14.0 Å². The van der Waals surface area contributed by atoms with Gasteiger partial charge in [0.15, 0.2) is 6.29 Å². The number of ether oxygens (including phenoxy) is 7. The molecule has 0 spiro atoms. The van der Waals surface area contributed by atoms with Gasteiger partial charge < -0.3 is 28.4 Å². The van der Waals surface area contributed by atoms with E-state index in [9.17, 15) is 0 Å². The highest BCUT2D eigenvalue weighted by molar-refractivity contribution is 5.15. The van der Waals surface area contributed by atoms with Gasteiger partial charge in [-0.05, 0) is 16.7 Å². The molecule has 2 fully saturated rings. The van der Waals surface area contributed by atoms with Crippen LogP contribution in [0.1, 0.15) is 23.6 Å². The number of hydrogen-bond acceptors (Lipinski definition) is 7. The van der Waals surface area contributed by atoms with E-state index in [0.29, 0.717) is 26.4 Å². The van der Waals surface area contributed by atoms with Crippen LogP contribution in [0.15, 0.2) is 91.0 Å². The van der Waals surface area contributed by atoms with Crippen LogP contribution < -0.4 is 0 Å². The van der Waals surface area contributed by atoms with E-state index in [1.165, 1.54) is 0 Å². The van der Waals surface area contributed by atoms with Gasteiger partial charge in [-0.2, -0.15) is 0 Å². The molecule has 37 heavy (non-hydrogen) atoms. The first-order valence-corrected chi connectivity index (χ1v) is 12.6. The van der Waals surface area contributed by atoms with Gasteiger partial charge >= 0.3 is 0 Å². The molecule has 0 aromatic heterocycles. The fourth-order valence-electron chi connectivity index (χ4n) is 4.61. The highest BCUT2D eigenvalue weighted by atomic mass is 16.9. The fraction of sp³-hybridized carbons (Fsp3) is 0.400. The van der Waals surface area contributed by atoms with Crippen molar-refractivity contribution in [2.24, 2.45) is 0 Å². The van der Waals surface area contributed by atoms with Crippen molar-refractivity contribution in [3.05, 3.63) is 108 Å². The molecule has 0 bridgehead atoms. The van der Waals surface area contributed by atoms with Crippen molar-refractivity contribution in [2.75, 3.05) is 13.7 Å². The molecule has 5 rings (SSSR count).